The topological polar surface area (TPSA) is 102 Å². The van der Waals surface area contributed by atoms with Gasteiger partial charge < -0.3 is 10.4 Å². The van der Waals surface area contributed by atoms with Crippen molar-refractivity contribution in [2.24, 2.45) is 0 Å². The number of anilines is 1. The largest absolute Gasteiger partial charge is 0.480 e. The summed E-state index contributed by atoms with van der Waals surface area (Å²) in [5, 5.41) is 20.2. The standard InChI is InChI=1S/C18H18ClN5O3/c1-11-4-3-5-13(8-11)9-23-10-14(19)16(22-23)20-17(25)15-6-7-24(21-15)12(2)18(26)27/h3-8,10,12H,9H2,1-2H3,(H,26,27)(H,20,22,25). The third-order valence-corrected chi connectivity index (χ3v) is 4.25. The van der Waals surface area contributed by atoms with Crippen LogP contribution in [0.3, 0.4) is 0 Å². The zero-order valence-corrected chi connectivity index (χ0v) is 15.5. The van der Waals surface area contributed by atoms with Crippen molar-refractivity contribution in [1.29, 1.82) is 0 Å². The highest BCUT2D eigenvalue weighted by atomic mass is 35.5. The Labute approximate surface area is 160 Å². The summed E-state index contributed by atoms with van der Waals surface area (Å²) in [6.07, 6.45) is 3.07. The zero-order valence-electron chi connectivity index (χ0n) is 14.8. The maximum absolute atomic E-state index is 12.3. The van der Waals surface area contributed by atoms with Crippen molar-refractivity contribution in [2.75, 3.05) is 5.32 Å². The second-order valence-corrected chi connectivity index (χ2v) is 6.57. The Morgan fingerprint density at radius 1 is 1.30 bits per heavy atom. The highest BCUT2D eigenvalue weighted by Gasteiger charge is 2.18. The summed E-state index contributed by atoms with van der Waals surface area (Å²) in [7, 11) is 0. The van der Waals surface area contributed by atoms with Crippen molar-refractivity contribution in [1.82, 2.24) is 19.6 Å². The van der Waals surface area contributed by atoms with Crippen LogP contribution in [-0.2, 0) is 11.3 Å². The third-order valence-electron chi connectivity index (χ3n) is 3.97. The summed E-state index contributed by atoms with van der Waals surface area (Å²) in [6.45, 7) is 4.00. The van der Waals surface area contributed by atoms with Crippen LogP contribution in [0.4, 0.5) is 5.82 Å². The molecule has 2 heterocycles. The molecular weight excluding hydrogens is 370 g/mol. The number of carbonyl (C=O) groups excluding carboxylic acids is 1. The van der Waals surface area contributed by atoms with Crippen molar-refractivity contribution in [3.05, 3.63) is 64.6 Å². The Morgan fingerprint density at radius 2 is 2.07 bits per heavy atom. The van der Waals surface area contributed by atoms with E-state index in [1.807, 2.05) is 31.2 Å². The number of nitrogens with one attached hydrogen (secondary N) is 1. The quantitative estimate of drug-likeness (QED) is 0.677. The number of halogens is 1. The van der Waals surface area contributed by atoms with Gasteiger partial charge in [0, 0.05) is 12.4 Å². The van der Waals surface area contributed by atoms with Crippen molar-refractivity contribution < 1.29 is 14.7 Å². The highest BCUT2D eigenvalue weighted by Crippen LogP contribution is 2.21. The number of aromatic nitrogens is 4. The van der Waals surface area contributed by atoms with Gasteiger partial charge in [-0.25, -0.2) is 4.79 Å². The predicted octanol–water partition coefficient (Wildman–Crippen LogP) is 2.99. The molecule has 1 aromatic carbocycles. The molecule has 2 N–H and O–H groups in total. The molecule has 0 aliphatic heterocycles. The number of amides is 1. The lowest BCUT2D eigenvalue weighted by Gasteiger charge is -2.05. The van der Waals surface area contributed by atoms with Crippen molar-refractivity contribution in [2.45, 2.75) is 26.4 Å². The van der Waals surface area contributed by atoms with Gasteiger partial charge in [0.2, 0.25) is 0 Å². The number of benzene rings is 1. The number of carboxylic acid groups (broad SMARTS) is 1. The summed E-state index contributed by atoms with van der Waals surface area (Å²) in [4.78, 5) is 23.3. The first-order chi connectivity index (χ1) is 12.8. The fourth-order valence-corrected chi connectivity index (χ4v) is 2.72. The Kier molecular flexibility index (Phi) is 5.27. The molecule has 0 aliphatic rings. The van der Waals surface area contributed by atoms with Crippen LogP contribution in [0, 0.1) is 6.92 Å². The number of aryl methyl sites for hydroxylation is 1. The molecule has 9 heteroatoms. The molecule has 0 radical (unpaired) electrons. The smallest absolute Gasteiger partial charge is 0.328 e. The molecule has 3 rings (SSSR count). The number of carbonyl (C=O) groups is 2. The molecule has 140 valence electrons. The van der Waals surface area contributed by atoms with E-state index in [0.29, 0.717) is 11.6 Å². The lowest BCUT2D eigenvalue weighted by atomic mass is 10.1. The molecule has 0 fully saturated rings. The van der Waals surface area contributed by atoms with Crippen LogP contribution in [-0.4, -0.2) is 36.5 Å². The van der Waals surface area contributed by atoms with Gasteiger partial charge in [-0.05, 0) is 25.5 Å². The highest BCUT2D eigenvalue weighted by molar-refractivity contribution is 6.33. The average molecular weight is 388 g/mol. The first-order valence-electron chi connectivity index (χ1n) is 8.21. The molecule has 1 unspecified atom stereocenters. The van der Waals surface area contributed by atoms with E-state index in [9.17, 15) is 9.59 Å². The molecule has 1 amide bonds. The zero-order chi connectivity index (χ0) is 19.6. The summed E-state index contributed by atoms with van der Waals surface area (Å²) in [5.74, 6) is -1.34. The summed E-state index contributed by atoms with van der Waals surface area (Å²) in [6, 6.07) is 8.57. The van der Waals surface area contributed by atoms with Gasteiger partial charge in [-0.15, -0.1) is 0 Å². The van der Waals surface area contributed by atoms with Crippen molar-refractivity contribution >= 4 is 29.3 Å². The lowest BCUT2D eigenvalue weighted by Crippen LogP contribution is -2.18. The first-order valence-corrected chi connectivity index (χ1v) is 8.59. The maximum Gasteiger partial charge on any atom is 0.328 e. The summed E-state index contributed by atoms with van der Waals surface area (Å²) in [5.41, 5.74) is 2.28. The number of rotatable bonds is 6. The van der Waals surface area contributed by atoms with E-state index in [-0.39, 0.29) is 11.5 Å². The summed E-state index contributed by atoms with van der Waals surface area (Å²) >= 11 is 6.17. The molecular formula is C18H18ClN5O3. The van der Waals surface area contributed by atoms with Gasteiger partial charge in [0.15, 0.2) is 11.5 Å². The van der Waals surface area contributed by atoms with Crippen LogP contribution in [0.2, 0.25) is 5.02 Å². The number of hydrogen-bond donors (Lipinski definition) is 2. The molecule has 0 saturated carbocycles. The second kappa shape index (κ2) is 7.63. The van der Waals surface area contributed by atoms with Gasteiger partial charge in [-0.2, -0.15) is 10.2 Å². The van der Waals surface area contributed by atoms with Crippen molar-refractivity contribution in [3.63, 3.8) is 0 Å². The molecule has 0 spiro atoms. The van der Waals surface area contributed by atoms with E-state index in [1.165, 1.54) is 23.9 Å². The number of aliphatic carboxylic acids is 1. The van der Waals surface area contributed by atoms with Gasteiger partial charge in [-0.1, -0.05) is 41.4 Å². The van der Waals surface area contributed by atoms with Gasteiger partial charge in [0.1, 0.15) is 11.1 Å². The van der Waals surface area contributed by atoms with Crippen LogP contribution in [0.5, 0.6) is 0 Å². The molecule has 3 aromatic rings. The van der Waals surface area contributed by atoms with Gasteiger partial charge in [0.05, 0.1) is 6.54 Å². The minimum Gasteiger partial charge on any atom is -0.480 e. The normalized spacial score (nSPS) is 12.0. The predicted molar refractivity (Wildman–Crippen MR) is 100 cm³/mol. The third kappa shape index (κ3) is 4.35. The molecule has 27 heavy (non-hydrogen) atoms. The molecule has 8 nitrogen and oxygen atoms in total. The Morgan fingerprint density at radius 3 is 2.78 bits per heavy atom. The van der Waals surface area contributed by atoms with Crippen LogP contribution < -0.4 is 5.32 Å². The van der Waals surface area contributed by atoms with E-state index >= 15 is 0 Å². The van der Waals surface area contributed by atoms with Crippen LogP contribution in [0.15, 0.2) is 42.7 Å². The van der Waals surface area contributed by atoms with Crippen LogP contribution in [0.1, 0.15) is 34.6 Å². The summed E-state index contributed by atoms with van der Waals surface area (Å²) < 4.78 is 2.84. The Balaban J connectivity index is 1.71. The maximum atomic E-state index is 12.3. The number of carboxylic acids is 1. The fourth-order valence-electron chi connectivity index (χ4n) is 2.52. The molecule has 0 saturated heterocycles. The molecule has 0 aliphatic carbocycles. The first kappa shape index (κ1) is 18.7. The second-order valence-electron chi connectivity index (χ2n) is 6.16. The van der Waals surface area contributed by atoms with Gasteiger partial charge >= 0.3 is 5.97 Å². The van der Waals surface area contributed by atoms with E-state index in [1.54, 1.807) is 10.9 Å². The Hall–Kier alpha value is -3.13. The van der Waals surface area contributed by atoms with E-state index in [4.69, 9.17) is 16.7 Å². The van der Waals surface area contributed by atoms with Crippen LogP contribution in [0.25, 0.3) is 0 Å². The minimum absolute atomic E-state index is 0.0763. The molecule has 0 bridgehead atoms. The van der Waals surface area contributed by atoms with Gasteiger partial charge in [-0.3, -0.25) is 14.2 Å². The lowest BCUT2D eigenvalue weighted by molar-refractivity contribution is -0.140. The molecule has 2 aromatic heterocycles. The SMILES string of the molecule is Cc1cccc(Cn2cc(Cl)c(NC(=O)c3ccn(C(C)C(=O)O)n3)n2)c1. The van der Waals surface area contributed by atoms with E-state index < -0.39 is 17.9 Å². The van der Waals surface area contributed by atoms with Crippen LogP contribution >= 0.6 is 11.6 Å². The monoisotopic (exact) mass is 387 g/mol. The number of hydrogen-bond acceptors (Lipinski definition) is 4. The minimum atomic E-state index is -1.04. The van der Waals surface area contributed by atoms with Gasteiger partial charge in [0.25, 0.3) is 5.91 Å². The average Bonchev–Trinajstić information content (AvgIpc) is 3.22. The molecule has 1 atom stereocenters. The Bertz CT molecular complexity index is 995. The fraction of sp³-hybridized carbons (Fsp3) is 0.222. The number of nitrogens with zero attached hydrogens (tertiary/aromatic N) is 4. The van der Waals surface area contributed by atoms with E-state index in [2.05, 4.69) is 15.5 Å². The van der Waals surface area contributed by atoms with E-state index in [0.717, 1.165) is 11.1 Å². The van der Waals surface area contributed by atoms with Crippen molar-refractivity contribution in [3.8, 4) is 0 Å².